The van der Waals surface area contributed by atoms with E-state index < -0.39 is 0 Å². The lowest BCUT2D eigenvalue weighted by molar-refractivity contribution is -0.0144. The predicted octanol–water partition coefficient (Wildman–Crippen LogP) is 4.20. The van der Waals surface area contributed by atoms with Gasteiger partial charge in [-0.25, -0.2) is 4.39 Å². The molecule has 0 spiro atoms. The van der Waals surface area contributed by atoms with Crippen molar-refractivity contribution in [1.29, 1.82) is 0 Å². The molecule has 0 amide bonds. The van der Waals surface area contributed by atoms with Gasteiger partial charge in [-0.3, -0.25) is 0 Å². The van der Waals surface area contributed by atoms with E-state index in [1.165, 1.54) is 6.07 Å². The van der Waals surface area contributed by atoms with Gasteiger partial charge in [0.05, 0.1) is 12.2 Å². The van der Waals surface area contributed by atoms with Crippen molar-refractivity contribution >= 4 is 11.6 Å². The lowest BCUT2D eigenvalue weighted by Crippen LogP contribution is -2.38. The SMILES string of the molecule is CCCNC(COC(C)(C)C)Cc1ccc(Cl)cc1F. The normalized spacial score (nSPS) is 13.5. The molecular formula is C16H25ClFNO. The van der Waals surface area contributed by atoms with Crippen molar-refractivity contribution in [3.63, 3.8) is 0 Å². The Kier molecular flexibility index (Phi) is 6.93. The van der Waals surface area contributed by atoms with E-state index in [0.29, 0.717) is 23.6 Å². The van der Waals surface area contributed by atoms with Gasteiger partial charge in [-0.2, -0.15) is 0 Å². The van der Waals surface area contributed by atoms with Crippen molar-refractivity contribution in [2.75, 3.05) is 13.2 Å². The fourth-order valence-corrected chi connectivity index (χ4v) is 2.00. The Morgan fingerprint density at radius 1 is 1.35 bits per heavy atom. The lowest BCUT2D eigenvalue weighted by Gasteiger charge is -2.25. The van der Waals surface area contributed by atoms with E-state index >= 15 is 0 Å². The maximum atomic E-state index is 13.9. The summed E-state index contributed by atoms with van der Waals surface area (Å²) in [6.07, 6.45) is 1.63. The zero-order valence-corrected chi connectivity index (χ0v) is 13.6. The van der Waals surface area contributed by atoms with Crippen molar-refractivity contribution in [1.82, 2.24) is 5.32 Å². The molecule has 0 heterocycles. The van der Waals surface area contributed by atoms with Gasteiger partial charge in [-0.15, -0.1) is 0 Å². The summed E-state index contributed by atoms with van der Waals surface area (Å²) in [6.45, 7) is 9.63. The van der Waals surface area contributed by atoms with Gasteiger partial charge in [0, 0.05) is 11.1 Å². The van der Waals surface area contributed by atoms with Crippen LogP contribution in [0.5, 0.6) is 0 Å². The van der Waals surface area contributed by atoms with Crippen molar-refractivity contribution in [2.24, 2.45) is 0 Å². The Hall–Kier alpha value is -0.640. The summed E-state index contributed by atoms with van der Waals surface area (Å²) >= 11 is 5.78. The third kappa shape index (κ3) is 6.69. The van der Waals surface area contributed by atoms with Crippen LogP contribution in [0.2, 0.25) is 5.02 Å². The fraction of sp³-hybridized carbons (Fsp3) is 0.625. The quantitative estimate of drug-likeness (QED) is 0.815. The zero-order chi connectivity index (χ0) is 15.2. The highest BCUT2D eigenvalue weighted by molar-refractivity contribution is 6.30. The van der Waals surface area contributed by atoms with Crippen LogP contribution in [0.1, 0.15) is 39.7 Å². The Balaban J connectivity index is 2.67. The Morgan fingerprint density at radius 3 is 2.60 bits per heavy atom. The lowest BCUT2D eigenvalue weighted by atomic mass is 10.1. The molecular weight excluding hydrogens is 277 g/mol. The highest BCUT2D eigenvalue weighted by Crippen LogP contribution is 2.17. The van der Waals surface area contributed by atoms with Gasteiger partial charge in [0.1, 0.15) is 5.82 Å². The molecule has 1 aromatic rings. The van der Waals surface area contributed by atoms with Crippen molar-refractivity contribution in [2.45, 2.75) is 52.2 Å². The number of benzene rings is 1. The van der Waals surface area contributed by atoms with E-state index in [-0.39, 0.29) is 17.5 Å². The van der Waals surface area contributed by atoms with Gasteiger partial charge in [0.25, 0.3) is 0 Å². The van der Waals surface area contributed by atoms with Crippen LogP contribution in [0.15, 0.2) is 18.2 Å². The molecule has 20 heavy (non-hydrogen) atoms. The van der Waals surface area contributed by atoms with Gasteiger partial charge in [-0.05, 0) is 57.9 Å². The van der Waals surface area contributed by atoms with E-state index in [2.05, 4.69) is 12.2 Å². The Bertz CT molecular complexity index is 417. The average molecular weight is 302 g/mol. The molecule has 0 radical (unpaired) electrons. The molecule has 0 aliphatic rings. The van der Waals surface area contributed by atoms with Gasteiger partial charge < -0.3 is 10.1 Å². The summed E-state index contributed by atoms with van der Waals surface area (Å²) in [4.78, 5) is 0. The maximum absolute atomic E-state index is 13.9. The molecule has 0 fully saturated rings. The second-order valence-corrected chi connectivity index (χ2v) is 6.45. The molecule has 4 heteroatoms. The molecule has 0 saturated carbocycles. The van der Waals surface area contributed by atoms with Crippen LogP contribution in [0.25, 0.3) is 0 Å². The first-order valence-corrected chi connectivity index (χ1v) is 7.51. The predicted molar refractivity (Wildman–Crippen MR) is 82.9 cm³/mol. The number of halogens is 2. The monoisotopic (exact) mass is 301 g/mol. The maximum Gasteiger partial charge on any atom is 0.127 e. The van der Waals surface area contributed by atoms with Crippen LogP contribution >= 0.6 is 11.6 Å². The number of ether oxygens (including phenoxy) is 1. The minimum absolute atomic E-state index is 0.102. The van der Waals surface area contributed by atoms with Gasteiger partial charge in [0.15, 0.2) is 0 Å². The number of nitrogens with one attached hydrogen (secondary N) is 1. The summed E-state index contributed by atoms with van der Waals surface area (Å²) < 4.78 is 19.7. The third-order valence-corrected chi connectivity index (χ3v) is 3.12. The van der Waals surface area contributed by atoms with Crippen molar-refractivity contribution in [3.05, 3.63) is 34.6 Å². The van der Waals surface area contributed by atoms with Crippen molar-refractivity contribution < 1.29 is 9.13 Å². The second-order valence-electron chi connectivity index (χ2n) is 6.01. The number of hydrogen-bond donors (Lipinski definition) is 1. The number of hydrogen-bond acceptors (Lipinski definition) is 2. The molecule has 0 aliphatic heterocycles. The molecule has 1 atom stereocenters. The Morgan fingerprint density at radius 2 is 2.05 bits per heavy atom. The van der Waals surface area contributed by atoms with E-state index in [1.807, 2.05) is 20.8 Å². The summed E-state index contributed by atoms with van der Waals surface area (Å²) in [7, 11) is 0. The van der Waals surface area contributed by atoms with E-state index in [0.717, 1.165) is 13.0 Å². The molecule has 1 aromatic carbocycles. The van der Waals surface area contributed by atoms with Gasteiger partial charge in [0.2, 0.25) is 0 Å². The van der Waals surface area contributed by atoms with Gasteiger partial charge in [-0.1, -0.05) is 24.6 Å². The summed E-state index contributed by atoms with van der Waals surface area (Å²) in [5, 5.41) is 3.83. The Labute approximate surface area is 126 Å². The minimum Gasteiger partial charge on any atom is -0.374 e. The highest BCUT2D eigenvalue weighted by atomic mass is 35.5. The van der Waals surface area contributed by atoms with E-state index in [4.69, 9.17) is 16.3 Å². The van der Waals surface area contributed by atoms with Gasteiger partial charge >= 0.3 is 0 Å². The summed E-state index contributed by atoms with van der Waals surface area (Å²) in [5.41, 5.74) is 0.477. The van der Waals surface area contributed by atoms with Crippen LogP contribution in [0, 0.1) is 5.82 Å². The third-order valence-electron chi connectivity index (χ3n) is 2.88. The molecule has 0 aromatic heterocycles. The van der Waals surface area contributed by atoms with Crippen LogP contribution in [0.3, 0.4) is 0 Å². The molecule has 1 rings (SSSR count). The second kappa shape index (κ2) is 7.96. The van der Waals surface area contributed by atoms with Crippen LogP contribution < -0.4 is 5.32 Å². The first kappa shape index (κ1) is 17.4. The smallest absolute Gasteiger partial charge is 0.127 e. The number of rotatable bonds is 7. The fourth-order valence-electron chi connectivity index (χ4n) is 1.84. The standard InChI is InChI=1S/C16H25ClFNO/c1-5-8-19-14(11-20-16(2,3)4)9-12-6-7-13(17)10-15(12)18/h6-7,10,14,19H,5,8-9,11H2,1-4H3. The average Bonchev–Trinajstić information content (AvgIpc) is 2.34. The minimum atomic E-state index is -0.253. The van der Waals surface area contributed by atoms with Crippen LogP contribution in [-0.4, -0.2) is 24.8 Å². The van der Waals surface area contributed by atoms with Crippen LogP contribution in [0.4, 0.5) is 4.39 Å². The van der Waals surface area contributed by atoms with E-state index in [1.54, 1.807) is 12.1 Å². The van der Waals surface area contributed by atoms with E-state index in [9.17, 15) is 4.39 Å². The largest absolute Gasteiger partial charge is 0.374 e. The molecule has 0 saturated heterocycles. The molecule has 2 nitrogen and oxygen atoms in total. The van der Waals surface area contributed by atoms with Crippen LogP contribution in [-0.2, 0) is 11.2 Å². The first-order chi connectivity index (χ1) is 9.31. The molecule has 114 valence electrons. The van der Waals surface area contributed by atoms with Crippen molar-refractivity contribution in [3.8, 4) is 0 Å². The first-order valence-electron chi connectivity index (χ1n) is 7.13. The molecule has 1 N–H and O–H groups in total. The highest BCUT2D eigenvalue weighted by Gasteiger charge is 2.17. The molecule has 1 unspecified atom stereocenters. The summed E-state index contributed by atoms with van der Waals surface area (Å²) in [5.74, 6) is -0.253. The topological polar surface area (TPSA) is 21.3 Å². The zero-order valence-electron chi connectivity index (χ0n) is 12.8. The molecule has 0 bridgehead atoms. The summed E-state index contributed by atoms with van der Waals surface area (Å²) in [6, 6.07) is 4.93. The molecule has 0 aliphatic carbocycles.